The van der Waals surface area contributed by atoms with Gasteiger partial charge in [0.15, 0.2) is 5.78 Å². The van der Waals surface area contributed by atoms with Crippen molar-refractivity contribution in [2.24, 2.45) is 5.92 Å². The van der Waals surface area contributed by atoms with E-state index in [1.54, 1.807) is 18.2 Å². The molecule has 0 saturated carbocycles. The van der Waals surface area contributed by atoms with E-state index in [-0.39, 0.29) is 18.1 Å². The molecule has 0 radical (unpaired) electrons. The van der Waals surface area contributed by atoms with E-state index in [1.807, 2.05) is 36.4 Å². The Balaban J connectivity index is 1.70. The van der Waals surface area contributed by atoms with Crippen molar-refractivity contribution in [1.82, 2.24) is 5.32 Å². The van der Waals surface area contributed by atoms with Crippen molar-refractivity contribution in [3.8, 4) is 5.75 Å². The maximum atomic E-state index is 13.1. The number of ether oxygens (including phenoxy) is 1. The van der Waals surface area contributed by atoms with Crippen LogP contribution in [0.25, 0.3) is 0 Å². The van der Waals surface area contributed by atoms with E-state index in [0.29, 0.717) is 23.3 Å². The molecular formula is C24H23NO4. The van der Waals surface area contributed by atoms with E-state index >= 15 is 0 Å². The first-order valence-electron chi connectivity index (χ1n) is 9.76. The third-order valence-corrected chi connectivity index (χ3v) is 5.49. The fourth-order valence-electron chi connectivity index (χ4n) is 4.17. The second-order valence-electron chi connectivity index (χ2n) is 7.46. The molecule has 0 amide bonds. The molecule has 1 aliphatic heterocycles. The smallest absolute Gasteiger partial charge is 0.316 e. The molecule has 0 fully saturated rings. The molecule has 2 aliphatic rings. The Morgan fingerprint density at radius 2 is 1.93 bits per heavy atom. The van der Waals surface area contributed by atoms with Gasteiger partial charge in [0.1, 0.15) is 18.3 Å². The molecular weight excluding hydrogens is 366 g/mol. The van der Waals surface area contributed by atoms with Crippen LogP contribution in [0, 0.1) is 5.92 Å². The molecule has 0 spiro atoms. The van der Waals surface area contributed by atoms with E-state index < -0.39 is 17.8 Å². The number of esters is 1. The molecule has 2 atom stereocenters. The number of aromatic hydroxyl groups is 1. The predicted octanol–water partition coefficient (Wildman–Crippen LogP) is 3.96. The summed E-state index contributed by atoms with van der Waals surface area (Å²) in [4.78, 5) is 25.9. The molecule has 29 heavy (non-hydrogen) atoms. The first-order valence-corrected chi connectivity index (χ1v) is 9.76. The number of rotatable bonds is 4. The Morgan fingerprint density at radius 3 is 2.69 bits per heavy atom. The van der Waals surface area contributed by atoms with Gasteiger partial charge in [-0.2, -0.15) is 0 Å². The largest absolute Gasteiger partial charge is 0.508 e. The minimum absolute atomic E-state index is 0.0282. The number of hydrogen-bond acceptors (Lipinski definition) is 5. The van der Waals surface area contributed by atoms with Crippen molar-refractivity contribution in [3.63, 3.8) is 0 Å². The lowest BCUT2D eigenvalue weighted by atomic mass is 9.71. The highest BCUT2D eigenvalue weighted by Gasteiger charge is 2.43. The number of hydrogen-bond donors (Lipinski definition) is 2. The molecule has 0 aromatic heterocycles. The SMILES string of the molecule is C=C1NC2=C(C(=O)CCC2)C(c2cccc(O)c2)C1C(=O)OCc1ccccc1. The number of benzene rings is 2. The number of allylic oxidation sites excluding steroid dienone is 2. The highest BCUT2D eigenvalue weighted by atomic mass is 16.5. The summed E-state index contributed by atoms with van der Waals surface area (Å²) < 4.78 is 5.60. The molecule has 148 valence electrons. The monoisotopic (exact) mass is 389 g/mol. The summed E-state index contributed by atoms with van der Waals surface area (Å²) >= 11 is 0. The Morgan fingerprint density at radius 1 is 1.14 bits per heavy atom. The Hall–Kier alpha value is -3.34. The van der Waals surface area contributed by atoms with Crippen molar-refractivity contribution in [2.45, 2.75) is 31.8 Å². The second kappa shape index (κ2) is 7.95. The molecule has 1 aliphatic carbocycles. The van der Waals surface area contributed by atoms with Gasteiger partial charge in [-0.05, 0) is 36.1 Å². The van der Waals surface area contributed by atoms with E-state index in [4.69, 9.17) is 4.74 Å². The van der Waals surface area contributed by atoms with Gasteiger partial charge in [-0.1, -0.05) is 49.0 Å². The topological polar surface area (TPSA) is 75.6 Å². The summed E-state index contributed by atoms with van der Waals surface area (Å²) in [6.45, 7) is 4.21. The van der Waals surface area contributed by atoms with Crippen LogP contribution in [-0.2, 0) is 20.9 Å². The van der Waals surface area contributed by atoms with E-state index in [0.717, 1.165) is 24.1 Å². The number of carbonyl (C=O) groups excluding carboxylic acids is 2. The van der Waals surface area contributed by atoms with Crippen molar-refractivity contribution < 1.29 is 19.4 Å². The van der Waals surface area contributed by atoms with Crippen LogP contribution in [0.2, 0.25) is 0 Å². The molecule has 0 bridgehead atoms. The van der Waals surface area contributed by atoms with Gasteiger partial charge in [-0.3, -0.25) is 9.59 Å². The first-order chi connectivity index (χ1) is 14.0. The van der Waals surface area contributed by atoms with Gasteiger partial charge in [0, 0.05) is 29.3 Å². The summed E-state index contributed by atoms with van der Waals surface area (Å²) in [5, 5.41) is 13.2. The second-order valence-corrected chi connectivity index (χ2v) is 7.46. The number of ketones is 1. The van der Waals surface area contributed by atoms with Crippen molar-refractivity contribution in [2.75, 3.05) is 0 Å². The molecule has 2 aromatic carbocycles. The number of carbonyl (C=O) groups is 2. The highest BCUT2D eigenvalue weighted by Crippen LogP contribution is 2.44. The van der Waals surface area contributed by atoms with Crippen LogP contribution in [0.1, 0.15) is 36.3 Å². The molecule has 5 heteroatoms. The number of phenols is 1. The van der Waals surface area contributed by atoms with Gasteiger partial charge in [0.2, 0.25) is 0 Å². The van der Waals surface area contributed by atoms with Crippen LogP contribution < -0.4 is 5.32 Å². The fraction of sp³-hybridized carbons (Fsp3) is 0.250. The summed E-state index contributed by atoms with van der Waals surface area (Å²) in [5.74, 6) is -1.60. The summed E-state index contributed by atoms with van der Waals surface area (Å²) in [6, 6.07) is 16.2. The summed E-state index contributed by atoms with van der Waals surface area (Å²) in [6.07, 6.45) is 1.96. The zero-order valence-corrected chi connectivity index (χ0v) is 16.1. The predicted molar refractivity (Wildman–Crippen MR) is 109 cm³/mol. The third kappa shape index (κ3) is 3.81. The normalized spacial score (nSPS) is 21.4. The highest BCUT2D eigenvalue weighted by molar-refractivity contribution is 6.00. The first kappa shape index (κ1) is 19.0. The van der Waals surface area contributed by atoms with Gasteiger partial charge in [0.25, 0.3) is 0 Å². The lowest BCUT2D eigenvalue weighted by Gasteiger charge is -2.38. The van der Waals surface area contributed by atoms with Crippen LogP contribution in [0.3, 0.4) is 0 Å². The van der Waals surface area contributed by atoms with E-state index in [1.165, 1.54) is 0 Å². The Kier molecular flexibility index (Phi) is 5.21. The van der Waals surface area contributed by atoms with Gasteiger partial charge in [-0.15, -0.1) is 0 Å². The molecule has 1 heterocycles. The van der Waals surface area contributed by atoms with E-state index in [2.05, 4.69) is 11.9 Å². The number of nitrogens with one attached hydrogen (secondary N) is 1. The third-order valence-electron chi connectivity index (χ3n) is 5.49. The molecule has 4 rings (SSSR count). The number of phenolic OH excluding ortho intramolecular Hbond substituents is 1. The molecule has 5 nitrogen and oxygen atoms in total. The van der Waals surface area contributed by atoms with Gasteiger partial charge in [0.05, 0.1) is 0 Å². The summed E-state index contributed by atoms with van der Waals surface area (Å²) in [7, 11) is 0. The summed E-state index contributed by atoms with van der Waals surface area (Å²) in [5.41, 5.74) is 3.54. The molecule has 2 unspecified atom stereocenters. The maximum Gasteiger partial charge on any atom is 0.316 e. The standard InChI is InChI=1S/C24H23NO4/c1-15-21(24(28)29-14-16-7-3-2-4-8-16)22(17-9-5-10-18(26)13-17)23-19(25-15)11-6-12-20(23)27/h2-5,7-10,13,21-22,25-26H,1,6,11-12,14H2. The van der Waals surface area contributed by atoms with Crippen molar-refractivity contribution >= 4 is 11.8 Å². The van der Waals surface area contributed by atoms with Crippen LogP contribution >= 0.6 is 0 Å². The van der Waals surface area contributed by atoms with Crippen molar-refractivity contribution in [1.29, 1.82) is 0 Å². The molecule has 0 saturated heterocycles. The minimum Gasteiger partial charge on any atom is -0.508 e. The van der Waals surface area contributed by atoms with Gasteiger partial charge in [-0.25, -0.2) is 0 Å². The van der Waals surface area contributed by atoms with Gasteiger partial charge < -0.3 is 15.2 Å². The van der Waals surface area contributed by atoms with Crippen LogP contribution in [-0.4, -0.2) is 16.9 Å². The number of Topliss-reactive ketones (excluding diaryl/α,β-unsaturated/α-hetero) is 1. The zero-order valence-electron chi connectivity index (χ0n) is 16.1. The van der Waals surface area contributed by atoms with Crippen LogP contribution in [0.4, 0.5) is 0 Å². The van der Waals surface area contributed by atoms with E-state index in [9.17, 15) is 14.7 Å². The lowest BCUT2D eigenvalue weighted by molar-refractivity contribution is -0.149. The Labute approximate surface area is 169 Å². The average molecular weight is 389 g/mol. The quantitative estimate of drug-likeness (QED) is 0.774. The molecule has 2 N–H and O–H groups in total. The minimum atomic E-state index is -0.749. The van der Waals surface area contributed by atoms with Crippen LogP contribution in [0.15, 0.2) is 78.1 Å². The van der Waals surface area contributed by atoms with Gasteiger partial charge >= 0.3 is 5.97 Å². The zero-order chi connectivity index (χ0) is 20.4. The lowest BCUT2D eigenvalue weighted by Crippen LogP contribution is -2.41. The average Bonchev–Trinajstić information content (AvgIpc) is 2.72. The maximum absolute atomic E-state index is 13.1. The molecule has 2 aromatic rings. The fourth-order valence-corrected chi connectivity index (χ4v) is 4.17. The van der Waals surface area contributed by atoms with Crippen LogP contribution in [0.5, 0.6) is 5.75 Å². The Bertz CT molecular complexity index is 993. The van der Waals surface area contributed by atoms with Crippen molar-refractivity contribution in [3.05, 3.63) is 89.3 Å².